The first-order chi connectivity index (χ1) is 5.10. The van der Waals surface area contributed by atoms with E-state index in [1.807, 2.05) is 0 Å². The van der Waals surface area contributed by atoms with Crippen LogP contribution in [0.25, 0.3) is 0 Å². The molecule has 0 fully saturated rings. The van der Waals surface area contributed by atoms with Crippen LogP contribution in [0.4, 0.5) is 22.0 Å². The summed E-state index contributed by atoms with van der Waals surface area (Å²) < 4.78 is 57.7. The number of Topliss-reactive ketones (excluding diaryl/α,β-unsaturated/α-hetero) is 2. The van der Waals surface area contributed by atoms with Crippen molar-refractivity contribution in [2.24, 2.45) is 0 Å². The number of carbonyl (C=O) groups is 2. The third-order valence-corrected chi connectivity index (χ3v) is 0.961. The highest BCUT2D eigenvalue weighted by Gasteiger charge is 2.64. The van der Waals surface area contributed by atoms with E-state index in [1.54, 1.807) is 0 Å². The summed E-state index contributed by atoms with van der Waals surface area (Å²) in [6, 6.07) is 0. The summed E-state index contributed by atoms with van der Waals surface area (Å²) in [4.78, 5) is 19.9. The maximum Gasteiger partial charge on any atom is 0.461 e. The molecule has 0 saturated heterocycles. The van der Waals surface area contributed by atoms with Crippen molar-refractivity contribution in [3.05, 3.63) is 0 Å². The minimum atomic E-state index is -6.00. The number of hydrogen-bond donors (Lipinski definition) is 0. The Morgan fingerprint density at radius 1 is 1.00 bits per heavy atom. The Kier molecular flexibility index (Phi) is 2.56. The summed E-state index contributed by atoms with van der Waals surface area (Å²) in [6.45, 7) is 0.349. The highest BCUT2D eigenvalue weighted by molar-refractivity contribution is 6.39. The van der Waals surface area contributed by atoms with Crippen molar-refractivity contribution in [3.8, 4) is 0 Å². The minimum absolute atomic E-state index is 0.349. The Labute approximate surface area is 63.3 Å². The van der Waals surface area contributed by atoms with E-state index in [0.29, 0.717) is 6.92 Å². The molecule has 0 amide bonds. The summed E-state index contributed by atoms with van der Waals surface area (Å²) >= 11 is 0. The Morgan fingerprint density at radius 2 is 1.33 bits per heavy atom. The van der Waals surface area contributed by atoms with Gasteiger partial charge in [-0.25, -0.2) is 0 Å². The maximum atomic E-state index is 11.9. The van der Waals surface area contributed by atoms with Crippen LogP contribution in [0.2, 0.25) is 0 Å². The second kappa shape index (κ2) is 2.80. The van der Waals surface area contributed by atoms with Gasteiger partial charge in [0.1, 0.15) is 0 Å². The maximum absolute atomic E-state index is 11.9. The predicted molar refractivity (Wildman–Crippen MR) is 26.7 cm³/mol. The van der Waals surface area contributed by atoms with Crippen LogP contribution >= 0.6 is 0 Å². The van der Waals surface area contributed by atoms with Crippen molar-refractivity contribution in [1.29, 1.82) is 0 Å². The van der Waals surface area contributed by atoms with Gasteiger partial charge in [0.2, 0.25) is 5.78 Å². The molecule has 0 aromatic rings. The standard InChI is InChI=1S/C5H3F5O2/c1-2(11)3(12)4(6,7)5(8,9)10/h1H3. The molecule has 0 atom stereocenters. The van der Waals surface area contributed by atoms with E-state index in [1.165, 1.54) is 0 Å². The van der Waals surface area contributed by atoms with Crippen molar-refractivity contribution in [1.82, 2.24) is 0 Å². The molecule has 2 nitrogen and oxygen atoms in total. The van der Waals surface area contributed by atoms with Crippen LogP contribution in [-0.4, -0.2) is 23.7 Å². The molecule has 0 unspecified atom stereocenters. The molecule has 7 heteroatoms. The van der Waals surface area contributed by atoms with Crippen LogP contribution < -0.4 is 0 Å². The van der Waals surface area contributed by atoms with E-state index >= 15 is 0 Å². The molecular weight excluding hydrogens is 187 g/mol. The molecule has 0 N–H and O–H groups in total. The van der Waals surface area contributed by atoms with E-state index in [4.69, 9.17) is 0 Å². The van der Waals surface area contributed by atoms with Gasteiger partial charge in [-0.2, -0.15) is 22.0 Å². The van der Waals surface area contributed by atoms with Crippen molar-refractivity contribution < 1.29 is 31.5 Å². The number of carbonyl (C=O) groups excluding carboxylic acids is 2. The fourth-order valence-electron chi connectivity index (χ4n) is 0.350. The van der Waals surface area contributed by atoms with E-state index < -0.39 is 23.7 Å². The average molecular weight is 190 g/mol. The van der Waals surface area contributed by atoms with Crippen LogP contribution in [0, 0.1) is 0 Å². The lowest BCUT2D eigenvalue weighted by atomic mass is 10.1. The smallest absolute Gasteiger partial charge is 0.291 e. The Balaban J connectivity index is 4.87. The highest BCUT2D eigenvalue weighted by Crippen LogP contribution is 2.36. The van der Waals surface area contributed by atoms with Crippen molar-refractivity contribution in [2.75, 3.05) is 0 Å². The molecule has 12 heavy (non-hydrogen) atoms. The Hall–Kier alpha value is -1.01. The largest absolute Gasteiger partial charge is 0.461 e. The van der Waals surface area contributed by atoms with E-state index in [2.05, 4.69) is 0 Å². The highest BCUT2D eigenvalue weighted by atomic mass is 19.4. The van der Waals surface area contributed by atoms with Gasteiger partial charge in [-0.15, -0.1) is 0 Å². The normalized spacial score (nSPS) is 12.8. The van der Waals surface area contributed by atoms with Gasteiger partial charge in [-0.1, -0.05) is 0 Å². The topological polar surface area (TPSA) is 34.1 Å². The second-order valence-electron chi connectivity index (χ2n) is 1.96. The monoisotopic (exact) mass is 190 g/mol. The molecule has 0 bridgehead atoms. The summed E-state index contributed by atoms with van der Waals surface area (Å²) in [5.41, 5.74) is 0. The van der Waals surface area contributed by atoms with Crippen LogP contribution in [-0.2, 0) is 9.59 Å². The molecule has 0 rings (SSSR count). The zero-order valence-electron chi connectivity index (χ0n) is 5.71. The van der Waals surface area contributed by atoms with Crippen molar-refractivity contribution >= 4 is 11.6 Å². The van der Waals surface area contributed by atoms with Gasteiger partial charge in [-0.3, -0.25) is 9.59 Å². The minimum Gasteiger partial charge on any atom is -0.291 e. The lowest BCUT2D eigenvalue weighted by molar-refractivity contribution is -0.267. The number of hydrogen-bond acceptors (Lipinski definition) is 2. The zero-order chi connectivity index (χ0) is 10.2. The molecule has 0 aliphatic carbocycles. The predicted octanol–water partition coefficient (Wildman–Crippen LogP) is 1.34. The quantitative estimate of drug-likeness (QED) is 0.486. The van der Waals surface area contributed by atoms with Gasteiger partial charge < -0.3 is 0 Å². The molecule has 0 aliphatic heterocycles. The van der Waals surface area contributed by atoms with E-state index in [-0.39, 0.29) is 0 Å². The fraction of sp³-hybridized carbons (Fsp3) is 0.600. The summed E-state index contributed by atoms with van der Waals surface area (Å²) in [5, 5.41) is 0. The second-order valence-corrected chi connectivity index (χ2v) is 1.96. The van der Waals surface area contributed by atoms with Gasteiger partial charge >= 0.3 is 12.1 Å². The van der Waals surface area contributed by atoms with Crippen LogP contribution in [0.3, 0.4) is 0 Å². The van der Waals surface area contributed by atoms with Gasteiger partial charge in [0, 0.05) is 6.92 Å². The molecule has 0 saturated carbocycles. The van der Waals surface area contributed by atoms with Crippen LogP contribution in [0.5, 0.6) is 0 Å². The van der Waals surface area contributed by atoms with Gasteiger partial charge in [0.15, 0.2) is 0 Å². The fourth-order valence-corrected chi connectivity index (χ4v) is 0.350. The SMILES string of the molecule is CC(=O)C(=O)C(F)(F)C(F)(F)F. The first kappa shape index (κ1) is 11.0. The summed E-state index contributed by atoms with van der Waals surface area (Å²) in [5.74, 6) is -10.1. The summed E-state index contributed by atoms with van der Waals surface area (Å²) in [6.07, 6.45) is -6.00. The van der Waals surface area contributed by atoms with Gasteiger partial charge in [0.25, 0.3) is 5.78 Å². The van der Waals surface area contributed by atoms with Gasteiger partial charge in [0.05, 0.1) is 0 Å². The molecular formula is C5H3F5O2. The van der Waals surface area contributed by atoms with Gasteiger partial charge in [-0.05, 0) is 0 Å². The Bertz CT molecular complexity index is 216. The number of alkyl halides is 5. The van der Waals surface area contributed by atoms with E-state index in [9.17, 15) is 31.5 Å². The Morgan fingerprint density at radius 3 is 1.42 bits per heavy atom. The first-order valence-electron chi connectivity index (χ1n) is 2.60. The third kappa shape index (κ3) is 1.77. The lowest BCUT2D eigenvalue weighted by Gasteiger charge is -2.15. The molecule has 0 aliphatic rings. The third-order valence-electron chi connectivity index (χ3n) is 0.961. The van der Waals surface area contributed by atoms with Crippen molar-refractivity contribution in [2.45, 2.75) is 19.0 Å². The number of halogens is 5. The molecule has 0 aromatic heterocycles. The van der Waals surface area contributed by atoms with E-state index in [0.717, 1.165) is 0 Å². The molecule has 0 radical (unpaired) electrons. The van der Waals surface area contributed by atoms with Crippen LogP contribution in [0.1, 0.15) is 6.92 Å². The average Bonchev–Trinajstić information content (AvgIpc) is 1.83. The van der Waals surface area contributed by atoms with Crippen molar-refractivity contribution in [3.63, 3.8) is 0 Å². The molecule has 0 spiro atoms. The first-order valence-corrected chi connectivity index (χ1v) is 2.60. The van der Waals surface area contributed by atoms with Crippen LogP contribution in [0.15, 0.2) is 0 Å². The lowest BCUT2D eigenvalue weighted by Crippen LogP contribution is -2.46. The molecule has 0 heterocycles. The zero-order valence-corrected chi connectivity index (χ0v) is 5.71. The summed E-state index contributed by atoms with van der Waals surface area (Å²) in [7, 11) is 0. The number of rotatable bonds is 2. The number of ketones is 2. The molecule has 0 aromatic carbocycles. The molecule has 70 valence electrons.